The van der Waals surface area contributed by atoms with Gasteiger partial charge in [-0.3, -0.25) is 4.79 Å². The summed E-state index contributed by atoms with van der Waals surface area (Å²) in [5.41, 5.74) is 2.92. The molecule has 0 aliphatic heterocycles. The zero-order valence-corrected chi connectivity index (χ0v) is 14.0. The number of aryl methyl sites for hydroxylation is 1. The average Bonchev–Trinajstić information content (AvgIpc) is 3.45. The number of carbonyl (C=O) groups is 2. The third kappa shape index (κ3) is 3.67. The molecule has 0 atom stereocenters. The third-order valence-corrected chi connectivity index (χ3v) is 4.35. The molecule has 2 aliphatic carbocycles. The van der Waals surface area contributed by atoms with Crippen LogP contribution in [0, 0.1) is 25.2 Å². The number of esters is 1. The van der Waals surface area contributed by atoms with Crippen molar-refractivity contribution in [1.29, 1.82) is 5.26 Å². The van der Waals surface area contributed by atoms with E-state index in [0.717, 1.165) is 29.8 Å². The van der Waals surface area contributed by atoms with E-state index < -0.39 is 5.97 Å². The van der Waals surface area contributed by atoms with Gasteiger partial charge < -0.3 is 14.6 Å². The van der Waals surface area contributed by atoms with E-state index in [9.17, 15) is 14.9 Å². The van der Waals surface area contributed by atoms with Crippen molar-refractivity contribution in [3.8, 4) is 6.07 Å². The van der Waals surface area contributed by atoms with E-state index in [2.05, 4.69) is 9.88 Å². The van der Waals surface area contributed by atoms with E-state index in [1.165, 1.54) is 12.8 Å². The number of aromatic nitrogens is 1. The molecule has 2 aliphatic rings. The molecule has 126 valence electrons. The lowest BCUT2D eigenvalue weighted by Crippen LogP contribution is -2.30. The maximum atomic E-state index is 12.0. The normalized spacial score (nSPS) is 17.3. The zero-order chi connectivity index (χ0) is 17.3. The van der Waals surface area contributed by atoms with Gasteiger partial charge in [-0.2, -0.15) is 5.26 Å². The fraction of sp³-hybridized carbons (Fsp3) is 0.500. The summed E-state index contributed by atoms with van der Waals surface area (Å²) in [5.74, 6) is -1.09. The monoisotopic (exact) mass is 327 g/mol. The van der Waals surface area contributed by atoms with Crippen molar-refractivity contribution >= 4 is 18.0 Å². The quantitative estimate of drug-likeness (QED) is 0.493. The van der Waals surface area contributed by atoms with Gasteiger partial charge in [0.1, 0.15) is 11.6 Å². The minimum atomic E-state index is -0.764. The Morgan fingerprint density at radius 1 is 1.38 bits per heavy atom. The van der Waals surface area contributed by atoms with Crippen molar-refractivity contribution in [2.45, 2.75) is 51.6 Å². The zero-order valence-electron chi connectivity index (χ0n) is 14.0. The van der Waals surface area contributed by atoms with Crippen LogP contribution in [0.4, 0.5) is 0 Å². The Kier molecular flexibility index (Phi) is 4.43. The number of ether oxygens (including phenoxy) is 1. The van der Waals surface area contributed by atoms with Gasteiger partial charge in [-0.05, 0) is 57.2 Å². The fourth-order valence-corrected chi connectivity index (χ4v) is 2.84. The highest BCUT2D eigenvalue weighted by Gasteiger charge is 2.27. The van der Waals surface area contributed by atoms with Crippen molar-refractivity contribution < 1.29 is 14.3 Å². The van der Waals surface area contributed by atoms with E-state index in [1.54, 1.807) is 6.08 Å². The summed E-state index contributed by atoms with van der Waals surface area (Å²) in [4.78, 5) is 23.6. The molecule has 0 radical (unpaired) electrons. The number of hydrogen-bond donors (Lipinski definition) is 1. The molecule has 1 heterocycles. The highest BCUT2D eigenvalue weighted by Crippen LogP contribution is 2.38. The number of carbonyl (C=O) groups excluding carboxylic acids is 2. The lowest BCUT2D eigenvalue weighted by atomic mass is 10.1. The van der Waals surface area contributed by atoms with Gasteiger partial charge in [-0.1, -0.05) is 0 Å². The first-order valence-electron chi connectivity index (χ1n) is 8.26. The third-order valence-electron chi connectivity index (χ3n) is 4.35. The summed E-state index contributed by atoms with van der Waals surface area (Å²) in [6, 6.07) is 4.60. The number of nitriles is 1. The second-order valence-electron chi connectivity index (χ2n) is 6.52. The molecule has 0 aromatic carbocycles. The average molecular weight is 327 g/mol. The lowest BCUT2D eigenvalue weighted by Gasteiger charge is -2.07. The van der Waals surface area contributed by atoms with Crippen LogP contribution in [0.2, 0.25) is 0 Å². The molecule has 1 N–H and O–H groups in total. The van der Waals surface area contributed by atoms with Gasteiger partial charge in [0.05, 0.1) is 0 Å². The molecule has 6 heteroatoms. The minimum Gasteiger partial charge on any atom is -0.451 e. The Morgan fingerprint density at radius 2 is 2.08 bits per heavy atom. The standard InChI is InChI=1S/C18H21N3O3/c1-11-7-13(12(2)21(11)16-5-6-16)8-14(9-19)18(23)24-10-17(22)20-15-3-4-15/h7-8,15-16H,3-6,10H2,1-2H3,(H,20,22)/b14-8+. The van der Waals surface area contributed by atoms with Crippen LogP contribution in [-0.4, -0.2) is 29.1 Å². The Labute approximate surface area is 141 Å². The number of hydrogen-bond acceptors (Lipinski definition) is 4. The van der Waals surface area contributed by atoms with Crippen molar-refractivity contribution in [3.63, 3.8) is 0 Å². The smallest absolute Gasteiger partial charge is 0.349 e. The van der Waals surface area contributed by atoms with Crippen LogP contribution in [0.1, 0.15) is 48.7 Å². The van der Waals surface area contributed by atoms with Crippen LogP contribution in [0.25, 0.3) is 6.08 Å². The molecule has 2 saturated carbocycles. The largest absolute Gasteiger partial charge is 0.451 e. The van der Waals surface area contributed by atoms with Gasteiger partial charge in [0.2, 0.25) is 0 Å². The molecule has 0 spiro atoms. The van der Waals surface area contributed by atoms with E-state index in [0.29, 0.717) is 6.04 Å². The van der Waals surface area contributed by atoms with Gasteiger partial charge >= 0.3 is 5.97 Å². The molecular weight excluding hydrogens is 306 g/mol. The van der Waals surface area contributed by atoms with E-state index >= 15 is 0 Å². The number of amides is 1. The summed E-state index contributed by atoms with van der Waals surface area (Å²) in [5, 5.41) is 12.0. The van der Waals surface area contributed by atoms with E-state index in [-0.39, 0.29) is 24.1 Å². The molecular formula is C18H21N3O3. The summed E-state index contributed by atoms with van der Waals surface area (Å²) < 4.78 is 7.19. The van der Waals surface area contributed by atoms with Gasteiger partial charge in [-0.15, -0.1) is 0 Å². The van der Waals surface area contributed by atoms with Crippen molar-refractivity contribution in [2.24, 2.45) is 0 Å². The van der Waals surface area contributed by atoms with Gasteiger partial charge in [0.25, 0.3) is 5.91 Å². The first-order chi connectivity index (χ1) is 11.5. The lowest BCUT2D eigenvalue weighted by molar-refractivity contribution is -0.144. The van der Waals surface area contributed by atoms with Crippen molar-refractivity contribution in [2.75, 3.05) is 6.61 Å². The second-order valence-corrected chi connectivity index (χ2v) is 6.52. The molecule has 2 fully saturated rings. The maximum Gasteiger partial charge on any atom is 0.349 e. The van der Waals surface area contributed by atoms with Crippen LogP contribution in [-0.2, 0) is 14.3 Å². The molecule has 1 aromatic rings. The van der Waals surface area contributed by atoms with E-state index in [4.69, 9.17) is 4.74 Å². The topological polar surface area (TPSA) is 84.1 Å². The molecule has 0 saturated heterocycles. The Morgan fingerprint density at radius 3 is 2.67 bits per heavy atom. The predicted molar refractivity (Wildman–Crippen MR) is 87.9 cm³/mol. The number of rotatable bonds is 6. The first kappa shape index (κ1) is 16.3. The van der Waals surface area contributed by atoms with Crippen molar-refractivity contribution in [3.05, 3.63) is 28.6 Å². The highest BCUT2D eigenvalue weighted by molar-refractivity contribution is 5.99. The van der Waals surface area contributed by atoms with Crippen LogP contribution in [0.3, 0.4) is 0 Å². The van der Waals surface area contributed by atoms with Gasteiger partial charge in [0, 0.05) is 23.5 Å². The molecule has 6 nitrogen and oxygen atoms in total. The summed E-state index contributed by atoms with van der Waals surface area (Å²) in [6.45, 7) is 3.66. The van der Waals surface area contributed by atoms with Crippen LogP contribution < -0.4 is 5.32 Å². The van der Waals surface area contributed by atoms with Gasteiger partial charge in [-0.25, -0.2) is 4.79 Å². The highest BCUT2D eigenvalue weighted by atomic mass is 16.5. The predicted octanol–water partition coefficient (Wildman–Crippen LogP) is 2.17. The maximum absolute atomic E-state index is 12.0. The van der Waals surface area contributed by atoms with Gasteiger partial charge in [0.15, 0.2) is 6.61 Å². The van der Waals surface area contributed by atoms with Crippen LogP contribution in [0.5, 0.6) is 0 Å². The summed E-state index contributed by atoms with van der Waals surface area (Å²) in [6.07, 6.45) is 5.83. The molecule has 24 heavy (non-hydrogen) atoms. The molecule has 1 aromatic heterocycles. The Bertz CT molecular complexity index is 746. The van der Waals surface area contributed by atoms with Crippen LogP contribution >= 0.6 is 0 Å². The SMILES string of the molecule is Cc1cc(/C=C(\C#N)C(=O)OCC(=O)NC2CC2)c(C)n1C1CC1. The second kappa shape index (κ2) is 6.52. The Balaban J connectivity index is 1.67. The number of nitrogens with zero attached hydrogens (tertiary/aromatic N) is 2. The Hall–Kier alpha value is -2.55. The minimum absolute atomic E-state index is 0.0923. The molecule has 1 amide bonds. The summed E-state index contributed by atoms with van der Waals surface area (Å²) in [7, 11) is 0. The van der Waals surface area contributed by atoms with Crippen LogP contribution in [0.15, 0.2) is 11.6 Å². The summed E-state index contributed by atoms with van der Waals surface area (Å²) >= 11 is 0. The first-order valence-corrected chi connectivity index (χ1v) is 8.26. The molecule has 0 bridgehead atoms. The molecule has 0 unspecified atom stereocenters. The van der Waals surface area contributed by atoms with Crippen molar-refractivity contribution in [1.82, 2.24) is 9.88 Å². The number of nitrogens with one attached hydrogen (secondary N) is 1. The molecule has 3 rings (SSSR count). The van der Waals surface area contributed by atoms with E-state index in [1.807, 2.05) is 26.0 Å². The fourth-order valence-electron chi connectivity index (χ4n) is 2.84.